The number of alkyl halides is 3. The fraction of sp³-hybridized carbons (Fsp3) is 0.312. The Bertz CT molecular complexity index is 1060. The van der Waals surface area contributed by atoms with Crippen molar-refractivity contribution in [2.24, 2.45) is 0 Å². The molecular weight excluding hydrogens is 375 g/mol. The molecule has 144 valence electrons. The number of aliphatic hydroxyl groups excluding tert-OH is 1. The van der Waals surface area contributed by atoms with Crippen LogP contribution in [0.1, 0.15) is 35.6 Å². The van der Waals surface area contributed by atoms with E-state index in [1.807, 2.05) is 0 Å². The number of aryl methyl sites for hydroxylation is 1. The highest BCUT2D eigenvalue weighted by atomic mass is 19.4. The number of aromatic nitrogens is 4. The maximum atomic E-state index is 14.3. The third-order valence-corrected chi connectivity index (χ3v) is 4.09. The van der Waals surface area contributed by atoms with Crippen LogP contribution >= 0.6 is 0 Å². The first-order valence-corrected chi connectivity index (χ1v) is 7.69. The molecule has 0 saturated carbocycles. The van der Waals surface area contributed by atoms with E-state index in [1.54, 1.807) is 0 Å². The summed E-state index contributed by atoms with van der Waals surface area (Å²) in [5.74, 6) is -2.63. The van der Waals surface area contributed by atoms with Gasteiger partial charge in [0.25, 0.3) is 5.56 Å². The number of aromatic amines is 1. The van der Waals surface area contributed by atoms with E-state index in [2.05, 4.69) is 15.1 Å². The summed E-state index contributed by atoms with van der Waals surface area (Å²) in [5, 5.41) is 13.3. The Morgan fingerprint density at radius 2 is 1.85 bits per heavy atom. The van der Waals surface area contributed by atoms with Gasteiger partial charge in [-0.2, -0.15) is 18.3 Å². The molecule has 0 radical (unpaired) electrons. The zero-order valence-electron chi connectivity index (χ0n) is 14.0. The molecule has 2 N–H and O–H groups in total. The lowest BCUT2D eigenvalue weighted by molar-refractivity contribution is -0.138. The molecule has 1 atom stereocenters. The number of benzene rings is 1. The minimum atomic E-state index is -4.90. The molecule has 2 heterocycles. The first-order chi connectivity index (χ1) is 12.5. The second-order valence-corrected chi connectivity index (χ2v) is 5.93. The summed E-state index contributed by atoms with van der Waals surface area (Å²) in [6.45, 7) is 2.13. The molecule has 0 saturated heterocycles. The molecule has 0 unspecified atom stereocenters. The number of halogens is 5. The summed E-state index contributed by atoms with van der Waals surface area (Å²) in [6.07, 6.45) is -4.90. The predicted octanol–water partition coefficient (Wildman–Crippen LogP) is 2.83. The minimum Gasteiger partial charge on any atom is -0.390 e. The summed E-state index contributed by atoms with van der Waals surface area (Å²) in [6, 6.07) is -0.846. The van der Waals surface area contributed by atoms with E-state index in [4.69, 9.17) is 0 Å². The van der Waals surface area contributed by atoms with Crippen LogP contribution in [-0.4, -0.2) is 24.9 Å². The van der Waals surface area contributed by atoms with Gasteiger partial charge in [0.1, 0.15) is 28.5 Å². The fourth-order valence-corrected chi connectivity index (χ4v) is 2.87. The number of hydrogen-bond acceptors (Lipinski definition) is 4. The maximum Gasteiger partial charge on any atom is 0.416 e. The van der Waals surface area contributed by atoms with Gasteiger partial charge in [-0.25, -0.2) is 18.4 Å². The highest BCUT2D eigenvalue weighted by Crippen LogP contribution is 2.34. The van der Waals surface area contributed by atoms with Crippen molar-refractivity contribution in [3.05, 3.63) is 56.8 Å². The van der Waals surface area contributed by atoms with Crippen molar-refractivity contribution in [1.29, 1.82) is 0 Å². The van der Waals surface area contributed by atoms with Gasteiger partial charge in [0.15, 0.2) is 5.65 Å². The molecule has 11 heteroatoms. The molecule has 3 rings (SSSR count). The van der Waals surface area contributed by atoms with Crippen LogP contribution in [0.3, 0.4) is 0 Å². The zero-order valence-corrected chi connectivity index (χ0v) is 14.0. The first-order valence-electron chi connectivity index (χ1n) is 7.69. The summed E-state index contributed by atoms with van der Waals surface area (Å²) in [7, 11) is 0. The Balaban J connectivity index is 2.23. The molecule has 6 nitrogen and oxygen atoms in total. The molecule has 0 spiro atoms. The number of nitrogens with one attached hydrogen (secondary N) is 1. The van der Waals surface area contributed by atoms with E-state index in [0.29, 0.717) is 0 Å². The number of fused-ring (bicyclic) bond motifs is 1. The number of hydrogen-bond donors (Lipinski definition) is 2. The van der Waals surface area contributed by atoms with Crippen molar-refractivity contribution < 1.29 is 27.1 Å². The Kier molecular flexibility index (Phi) is 4.50. The average Bonchev–Trinajstić information content (AvgIpc) is 2.91. The van der Waals surface area contributed by atoms with Crippen molar-refractivity contribution in [2.45, 2.75) is 32.7 Å². The Morgan fingerprint density at radius 1 is 1.26 bits per heavy atom. The normalized spacial score (nSPS) is 13.3. The van der Waals surface area contributed by atoms with Crippen LogP contribution in [0, 0.1) is 18.6 Å². The lowest BCUT2D eigenvalue weighted by Gasteiger charge is -2.17. The van der Waals surface area contributed by atoms with Crippen molar-refractivity contribution in [1.82, 2.24) is 19.7 Å². The standard InChI is InChI=1S/C16H13F5N4O2/c1-6(12-9(17)3-8(4-10(12)18)16(19,20)21)25-14-13(11(5-26)24-25)15(27)23-7(2)22-14/h3-4,6,26H,5H2,1-2H3,(H,22,23,27)/t6-/m1/s1. The van der Waals surface area contributed by atoms with Crippen molar-refractivity contribution in [3.63, 3.8) is 0 Å². The van der Waals surface area contributed by atoms with Gasteiger partial charge < -0.3 is 10.1 Å². The van der Waals surface area contributed by atoms with Gasteiger partial charge in [-0.1, -0.05) is 0 Å². The predicted molar refractivity (Wildman–Crippen MR) is 84.0 cm³/mol. The smallest absolute Gasteiger partial charge is 0.390 e. The quantitative estimate of drug-likeness (QED) is 0.676. The molecule has 2 aromatic heterocycles. The minimum absolute atomic E-state index is 0.0495. The van der Waals surface area contributed by atoms with Crippen LogP contribution in [0.2, 0.25) is 0 Å². The Labute approximate surface area is 148 Å². The lowest BCUT2D eigenvalue weighted by Crippen LogP contribution is -2.16. The van der Waals surface area contributed by atoms with Crippen molar-refractivity contribution in [2.75, 3.05) is 0 Å². The largest absolute Gasteiger partial charge is 0.416 e. The highest BCUT2D eigenvalue weighted by Gasteiger charge is 2.34. The van der Waals surface area contributed by atoms with Crippen LogP contribution in [0.25, 0.3) is 11.0 Å². The summed E-state index contributed by atoms with van der Waals surface area (Å²) in [4.78, 5) is 18.6. The molecule has 1 aromatic carbocycles. The van der Waals surface area contributed by atoms with Gasteiger partial charge >= 0.3 is 6.18 Å². The van der Waals surface area contributed by atoms with Crippen LogP contribution in [0.5, 0.6) is 0 Å². The second-order valence-electron chi connectivity index (χ2n) is 5.93. The van der Waals surface area contributed by atoms with Crippen LogP contribution < -0.4 is 5.56 Å². The molecule has 0 aliphatic carbocycles. The molecule has 27 heavy (non-hydrogen) atoms. The molecule has 0 aliphatic rings. The van der Waals surface area contributed by atoms with E-state index in [1.165, 1.54) is 13.8 Å². The zero-order chi connectivity index (χ0) is 20.1. The van der Waals surface area contributed by atoms with E-state index < -0.39 is 47.1 Å². The highest BCUT2D eigenvalue weighted by molar-refractivity contribution is 5.77. The van der Waals surface area contributed by atoms with Gasteiger partial charge in [0.2, 0.25) is 0 Å². The first kappa shape index (κ1) is 19.0. The number of H-pyrrole nitrogens is 1. The molecule has 0 bridgehead atoms. The molecule has 0 aliphatic heterocycles. The Hall–Kier alpha value is -2.82. The van der Waals surface area contributed by atoms with Crippen molar-refractivity contribution >= 4 is 11.0 Å². The van der Waals surface area contributed by atoms with Crippen LogP contribution in [0.15, 0.2) is 16.9 Å². The van der Waals surface area contributed by atoms with Gasteiger partial charge in [-0.05, 0) is 26.0 Å². The lowest BCUT2D eigenvalue weighted by atomic mass is 10.0. The average molecular weight is 388 g/mol. The van der Waals surface area contributed by atoms with Crippen LogP contribution in [0.4, 0.5) is 22.0 Å². The third-order valence-electron chi connectivity index (χ3n) is 4.09. The van der Waals surface area contributed by atoms with Gasteiger partial charge in [0.05, 0.1) is 18.2 Å². The topological polar surface area (TPSA) is 83.8 Å². The van der Waals surface area contributed by atoms with E-state index in [9.17, 15) is 31.9 Å². The summed E-state index contributed by atoms with van der Waals surface area (Å²) in [5.41, 5.74) is -2.85. The fourth-order valence-electron chi connectivity index (χ4n) is 2.87. The summed E-state index contributed by atoms with van der Waals surface area (Å²) >= 11 is 0. The molecule has 0 amide bonds. The van der Waals surface area contributed by atoms with Gasteiger partial charge in [0, 0.05) is 5.56 Å². The molecular formula is C16H13F5N4O2. The summed E-state index contributed by atoms with van der Waals surface area (Å²) < 4.78 is 67.8. The number of rotatable bonds is 3. The maximum absolute atomic E-state index is 14.3. The van der Waals surface area contributed by atoms with Crippen LogP contribution in [-0.2, 0) is 12.8 Å². The number of aliphatic hydroxyl groups is 1. The van der Waals surface area contributed by atoms with E-state index >= 15 is 0 Å². The van der Waals surface area contributed by atoms with Gasteiger partial charge in [-0.3, -0.25) is 4.79 Å². The monoisotopic (exact) mass is 388 g/mol. The number of nitrogens with zero attached hydrogens (tertiary/aromatic N) is 3. The molecule has 3 aromatic rings. The van der Waals surface area contributed by atoms with E-state index in [0.717, 1.165) is 4.68 Å². The molecule has 0 fully saturated rings. The van der Waals surface area contributed by atoms with E-state index in [-0.39, 0.29) is 34.7 Å². The third kappa shape index (κ3) is 3.18. The Morgan fingerprint density at radius 3 is 2.37 bits per heavy atom. The SMILES string of the molecule is Cc1nc2c(c(CO)nn2[C@H](C)c2c(F)cc(C(F)(F)F)cc2F)c(=O)[nH]1. The van der Waals surface area contributed by atoms with Gasteiger partial charge in [-0.15, -0.1) is 0 Å². The van der Waals surface area contributed by atoms with Crippen molar-refractivity contribution in [3.8, 4) is 0 Å². The second kappa shape index (κ2) is 6.41.